The normalized spacial score (nSPS) is 33.6. The van der Waals surface area contributed by atoms with Gasteiger partial charge >= 0.3 is 0 Å². The molecule has 0 aliphatic carbocycles. The van der Waals surface area contributed by atoms with Gasteiger partial charge in [-0.15, -0.1) is 0 Å². The quantitative estimate of drug-likeness (QED) is 0.469. The van der Waals surface area contributed by atoms with E-state index < -0.39 is 5.60 Å². The van der Waals surface area contributed by atoms with Gasteiger partial charge in [0.25, 0.3) is 0 Å². The van der Waals surface area contributed by atoms with Crippen molar-refractivity contribution in [2.45, 2.75) is 32.8 Å². The summed E-state index contributed by atoms with van der Waals surface area (Å²) in [6.07, 6.45) is 0.765. The van der Waals surface area contributed by atoms with E-state index in [0.29, 0.717) is 6.61 Å². The molecule has 0 radical (unpaired) electrons. The van der Waals surface area contributed by atoms with Crippen LogP contribution >= 0.6 is 0 Å². The molecule has 1 heterocycles. The molecule has 1 unspecified atom stereocenters. The molecule has 0 aromatic carbocycles. The van der Waals surface area contributed by atoms with Gasteiger partial charge in [0.2, 0.25) is 6.54 Å². The highest BCUT2D eigenvalue weighted by molar-refractivity contribution is 4.89. The average Bonchev–Trinajstić information content (AvgIpc) is 2.03. The third kappa shape index (κ3) is 2.17. The van der Waals surface area contributed by atoms with Crippen LogP contribution in [-0.2, 0) is 4.74 Å². The van der Waals surface area contributed by atoms with Crippen LogP contribution in [0.5, 0.6) is 0 Å². The summed E-state index contributed by atoms with van der Waals surface area (Å²) in [5, 5.41) is 10.3. The Morgan fingerprint density at radius 3 is 2.42 bits per heavy atom. The maximum atomic E-state index is 10.3. The Balaban J connectivity index is 2.58. The zero-order chi connectivity index (χ0) is 9.41. The molecule has 0 amide bonds. The van der Waals surface area contributed by atoms with E-state index >= 15 is 0 Å². The monoisotopic (exact) mass is 173 g/mol. The zero-order valence-corrected chi connectivity index (χ0v) is 7.79. The first kappa shape index (κ1) is 9.45. The van der Waals surface area contributed by atoms with Crippen LogP contribution < -0.4 is 0 Å². The largest absolute Gasteiger partial charge is 0.368 e. The number of rotatable bonds is 2. The molecular formula is C8H15NO3. The van der Waals surface area contributed by atoms with Crippen molar-refractivity contribution < 1.29 is 9.66 Å². The summed E-state index contributed by atoms with van der Waals surface area (Å²) in [7, 11) is 0. The molecule has 4 heteroatoms. The molecule has 0 aromatic heterocycles. The Labute approximate surface area is 72.1 Å². The Hall–Kier alpha value is -0.640. The predicted molar refractivity (Wildman–Crippen MR) is 44.6 cm³/mol. The first-order chi connectivity index (χ1) is 5.33. The van der Waals surface area contributed by atoms with Crippen LogP contribution in [-0.4, -0.2) is 23.7 Å². The molecule has 1 aliphatic heterocycles. The average molecular weight is 173 g/mol. The van der Waals surface area contributed by atoms with Crippen LogP contribution in [0.15, 0.2) is 0 Å². The predicted octanol–water partition coefficient (Wildman–Crippen LogP) is 1.47. The lowest BCUT2D eigenvalue weighted by Gasteiger charge is -2.19. The van der Waals surface area contributed by atoms with E-state index in [1.807, 2.05) is 6.92 Å². The summed E-state index contributed by atoms with van der Waals surface area (Å²) >= 11 is 0. The number of ether oxygens (including phenoxy) is 1. The molecule has 0 spiro atoms. The Morgan fingerprint density at radius 1 is 1.50 bits per heavy atom. The van der Waals surface area contributed by atoms with Crippen molar-refractivity contribution in [1.82, 2.24) is 0 Å². The summed E-state index contributed by atoms with van der Waals surface area (Å²) in [6.45, 7) is 6.48. The van der Waals surface area contributed by atoms with E-state index in [1.54, 1.807) is 0 Å². The smallest absolute Gasteiger partial charge is 0.232 e. The van der Waals surface area contributed by atoms with Crippen molar-refractivity contribution >= 4 is 0 Å². The molecule has 70 valence electrons. The van der Waals surface area contributed by atoms with Gasteiger partial charge in [0.05, 0.1) is 6.61 Å². The second-order valence-electron chi connectivity index (χ2n) is 4.57. The van der Waals surface area contributed by atoms with E-state index in [0.717, 1.165) is 6.42 Å². The summed E-state index contributed by atoms with van der Waals surface area (Å²) < 4.78 is 5.42. The fourth-order valence-corrected chi connectivity index (χ4v) is 1.86. The lowest BCUT2D eigenvalue weighted by Crippen LogP contribution is -2.33. The highest BCUT2D eigenvalue weighted by Gasteiger charge is 2.44. The van der Waals surface area contributed by atoms with Crippen LogP contribution in [0.3, 0.4) is 0 Å². The van der Waals surface area contributed by atoms with Crippen molar-refractivity contribution in [3.63, 3.8) is 0 Å². The highest BCUT2D eigenvalue weighted by Crippen LogP contribution is 2.38. The third-order valence-electron chi connectivity index (χ3n) is 2.13. The minimum Gasteiger partial charge on any atom is -0.368 e. The molecule has 0 N–H and O–H groups in total. The van der Waals surface area contributed by atoms with Crippen LogP contribution in [0.1, 0.15) is 27.2 Å². The van der Waals surface area contributed by atoms with Crippen molar-refractivity contribution in [2.24, 2.45) is 5.41 Å². The number of hydrogen-bond acceptors (Lipinski definition) is 3. The van der Waals surface area contributed by atoms with Gasteiger partial charge in [-0.25, -0.2) is 0 Å². The van der Waals surface area contributed by atoms with Crippen molar-refractivity contribution in [1.29, 1.82) is 0 Å². The molecule has 1 rings (SSSR count). The zero-order valence-electron chi connectivity index (χ0n) is 7.79. The molecule has 0 bridgehead atoms. The molecule has 12 heavy (non-hydrogen) atoms. The van der Waals surface area contributed by atoms with Gasteiger partial charge in [0.15, 0.2) is 0 Å². The van der Waals surface area contributed by atoms with Crippen LogP contribution in [0, 0.1) is 15.5 Å². The van der Waals surface area contributed by atoms with Crippen molar-refractivity contribution in [3.8, 4) is 0 Å². The van der Waals surface area contributed by atoms with Crippen LogP contribution in [0.25, 0.3) is 0 Å². The fraction of sp³-hybridized carbons (Fsp3) is 1.00. The minimum absolute atomic E-state index is 0.0869. The summed E-state index contributed by atoms with van der Waals surface area (Å²) in [6, 6.07) is 0. The van der Waals surface area contributed by atoms with Gasteiger partial charge in [-0.1, -0.05) is 13.8 Å². The Bertz CT molecular complexity index is 202. The summed E-state index contributed by atoms with van der Waals surface area (Å²) in [4.78, 5) is 9.99. The molecule has 1 fully saturated rings. The minimum atomic E-state index is -0.549. The molecule has 1 aliphatic rings. The van der Waals surface area contributed by atoms with Gasteiger partial charge in [-0.05, 0) is 18.8 Å². The van der Waals surface area contributed by atoms with Gasteiger partial charge in [0.1, 0.15) is 5.60 Å². The second kappa shape index (κ2) is 2.69. The van der Waals surface area contributed by atoms with Gasteiger partial charge in [0, 0.05) is 4.92 Å². The van der Waals surface area contributed by atoms with E-state index in [9.17, 15) is 10.1 Å². The summed E-state index contributed by atoms with van der Waals surface area (Å²) in [5.41, 5.74) is -0.461. The third-order valence-corrected chi connectivity index (χ3v) is 2.13. The number of nitrogens with zero attached hydrogens (tertiary/aromatic N) is 1. The summed E-state index contributed by atoms with van der Waals surface area (Å²) in [5.74, 6) is 0. The van der Waals surface area contributed by atoms with Crippen LogP contribution in [0.2, 0.25) is 0 Å². The van der Waals surface area contributed by atoms with Gasteiger partial charge in [-0.2, -0.15) is 0 Å². The number of hydrogen-bond donors (Lipinski definition) is 0. The van der Waals surface area contributed by atoms with E-state index in [4.69, 9.17) is 4.74 Å². The second-order valence-corrected chi connectivity index (χ2v) is 4.57. The van der Waals surface area contributed by atoms with Crippen LogP contribution in [0.4, 0.5) is 0 Å². The maximum Gasteiger partial charge on any atom is 0.232 e. The standard InChI is InChI=1S/C8H15NO3/c1-7(2)4-8(3,12-6-7)5-9(10)11/h4-6H2,1-3H3. The van der Waals surface area contributed by atoms with E-state index in [1.165, 1.54) is 0 Å². The van der Waals surface area contributed by atoms with Crippen molar-refractivity contribution in [2.75, 3.05) is 13.2 Å². The maximum absolute atomic E-state index is 10.3. The Kier molecular flexibility index (Phi) is 2.12. The van der Waals surface area contributed by atoms with Crippen molar-refractivity contribution in [3.05, 3.63) is 10.1 Å². The highest BCUT2D eigenvalue weighted by atomic mass is 16.6. The first-order valence-corrected chi connectivity index (χ1v) is 4.09. The van der Waals surface area contributed by atoms with Gasteiger partial charge < -0.3 is 4.74 Å². The molecule has 1 atom stereocenters. The molecule has 4 nitrogen and oxygen atoms in total. The SMILES string of the molecule is CC1(C)COC(C)(C[N+](=O)[O-])C1. The molecule has 1 saturated heterocycles. The molecular weight excluding hydrogens is 158 g/mol. The number of nitro groups is 1. The topological polar surface area (TPSA) is 52.4 Å². The van der Waals surface area contributed by atoms with Gasteiger partial charge in [-0.3, -0.25) is 10.1 Å². The first-order valence-electron chi connectivity index (χ1n) is 4.09. The lowest BCUT2D eigenvalue weighted by molar-refractivity contribution is -0.499. The molecule has 0 saturated carbocycles. The Morgan fingerprint density at radius 2 is 2.08 bits per heavy atom. The fourth-order valence-electron chi connectivity index (χ4n) is 1.86. The van der Waals surface area contributed by atoms with E-state index in [2.05, 4.69) is 13.8 Å². The van der Waals surface area contributed by atoms with E-state index in [-0.39, 0.29) is 16.9 Å². The lowest BCUT2D eigenvalue weighted by atomic mass is 9.85. The molecule has 0 aromatic rings.